The first kappa shape index (κ1) is 10.4. The molecule has 0 bridgehead atoms. The standard InChI is InChI=1S/C13H17ClN2/c14-9-4-5-12-11(8-9)13(6-7-15-12)16-10-2-1-3-10/h4-5,8,10,13,15-16H,1-3,6-7H2. The molecule has 0 spiro atoms. The third kappa shape index (κ3) is 1.92. The Morgan fingerprint density at radius 3 is 2.88 bits per heavy atom. The van der Waals surface area contributed by atoms with Crippen molar-refractivity contribution in [1.29, 1.82) is 0 Å². The Bertz CT molecular complexity index is 388. The topological polar surface area (TPSA) is 24.1 Å². The lowest BCUT2D eigenvalue weighted by Crippen LogP contribution is -2.40. The molecular weight excluding hydrogens is 220 g/mol. The van der Waals surface area contributed by atoms with Gasteiger partial charge in [-0.05, 0) is 43.0 Å². The van der Waals surface area contributed by atoms with Crippen molar-refractivity contribution in [3.63, 3.8) is 0 Å². The lowest BCUT2D eigenvalue weighted by molar-refractivity contribution is 0.298. The van der Waals surface area contributed by atoms with Crippen LogP contribution in [0.15, 0.2) is 18.2 Å². The van der Waals surface area contributed by atoms with Crippen molar-refractivity contribution in [2.45, 2.75) is 37.8 Å². The molecule has 86 valence electrons. The van der Waals surface area contributed by atoms with Crippen LogP contribution in [0, 0.1) is 0 Å². The molecule has 16 heavy (non-hydrogen) atoms. The molecule has 1 aliphatic carbocycles. The molecule has 3 heteroatoms. The fourth-order valence-corrected chi connectivity index (χ4v) is 2.70. The summed E-state index contributed by atoms with van der Waals surface area (Å²) in [5.74, 6) is 0. The van der Waals surface area contributed by atoms with E-state index < -0.39 is 0 Å². The summed E-state index contributed by atoms with van der Waals surface area (Å²) in [5.41, 5.74) is 2.58. The molecule has 0 aromatic heterocycles. The zero-order valence-corrected chi connectivity index (χ0v) is 10.1. The van der Waals surface area contributed by atoms with Crippen molar-refractivity contribution >= 4 is 17.3 Å². The molecule has 1 aromatic rings. The summed E-state index contributed by atoms with van der Waals surface area (Å²) in [6.07, 6.45) is 5.20. The highest BCUT2D eigenvalue weighted by molar-refractivity contribution is 6.30. The zero-order chi connectivity index (χ0) is 11.0. The SMILES string of the molecule is Clc1ccc2c(c1)C(NC1CCC1)CCN2. The van der Waals surface area contributed by atoms with E-state index in [1.165, 1.54) is 30.5 Å². The van der Waals surface area contributed by atoms with Crippen molar-refractivity contribution in [3.05, 3.63) is 28.8 Å². The number of anilines is 1. The highest BCUT2D eigenvalue weighted by Gasteiger charge is 2.25. The lowest BCUT2D eigenvalue weighted by Gasteiger charge is -2.35. The molecule has 2 N–H and O–H groups in total. The van der Waals surface area contributed by atoms with Crippen molar-refractivity contribution < 1.29 is 0 Å². The minimum absolute atomic E-state index is 0.486. The molecule has 3 rings (SSSR count). The van der Waals surface area contributed by atoms with Crippen LogP contribution in [0.2, 0.25) is 5.02 Å². The molecule has 1 fully saturated rings. The normalized spacial score (nSPS) is 24.4. The minimum atomic E-state index is 0.486. The van der Waals surface area contributed by atoms with Gasteiger partial charge in [0.05, 0.1) is 0 Å². The average Bonchev–Trinajstić information content (AvgIpc) is 2.23. The number of fused-ring (bicyclic) bond motifs is 1. The number of hydrogen-bond donors (Lipinski definition) is 2. The highest BCUT2D eigenvalue weighted by atomic mass is 35.5. The van der Waals surface area contributed by atoms with Crippen LogP contribution < -0.4 is 10.6 Å². The molecule has 0 radical (unpaired) electrons. The van der Waals surface area contributed by atoms with Gasteiger partial charge in [0.25, 0.3) is 0 Å². The second kappa shape index (κ2) is 4.27. The maximum atomic E-state index is 6.07. The van der Waals surface area contributed by atoms with Gasteiger partial charge in [0.15, 0.2) is 0 Å². The van der Waals surface area contributed by atoms with Gasteiger partial charge in [0.2, 0.25) is 0 Å². The van der Waals surface area contributed by atoms with Crippen molar-refractivity contribution in [2.75, 3.05) is 11.9 Å². The van der Waals surface area contributed by atoms with Crippen LogP contribution >= 0.6 is 11.6 Å². The van der Waals surface area contributed by atoms with E-state index in [1.54, 1.807) is 0 Å². The van der Waals surface area contributed by atoms with Gasteiger partial charge in [0, 0.05) is 29.3 Å². The van der Waals surface area contributed by atoms with Crippen LogP contribution in [0.1, 0.15) is 37.3 Å². The van der Waals surface area contributed by atoms with E-state index in [2.05, 4.69) is 22.8 Å². The molecule has 2 nitrogen and oxygen atoms in total. The van der Waals surface area contributed by atoms with E-state index in [1.807, 2.05) is 6.07 Å². The summed E-state index contributed by atoms with van der Waals surface area (Å²) in [4.78, 5) is 0. The predicted octanol–water partition coefficient (Wildman–Crippen LogP) is 3.34. The van der Waals surface area contributed by atoms with E-state index in [4.69, 9.17) is 11.6 Å². The molecule has 0 saturated heterocycles. The van der Waals surface area contributed by atoms with Crippen LogP contribution in [-0.4, -0.2) is 12.6 Å². The first-order valence-electron chi connectivity index (χ1n) is 6.12. The largest absolute Gasteiger partial charge is 0.385 e. The Labute approximate surface area is 101 Å². The summed E-state index contributed by atoms with van der Waals surface area (Å²) >= 11 is 6.07. The number of benzene rings is 1. The number of halogens is 1. The van der Waals surface area contributed by atoms with Crippen molar-refractivity contribution in [3.8, 4) is 0 Å². The predicted molar refractivity (Wildman–Crippen MR) is 68.1 cm³/mol. The van der Waals surface area contributed by atoms with Crippen molar-refractivity contribution in [1.82, 2.24) is 5.32 Å². The average molecular weight is 237 g/mol. The number of nitrogens with one attached hydrogen (secondary N) is 2. The van der Waals surface area contributed by atoms with Gasteiger partial charge in [-0.25, -0.2) is 0 Å². The summed E-state index contributed by atoms with van der Waals surface area (Å²) in [5, 5.41) is 8.01. The van der Waals surface area contributed by atoms with E-state index in [0.717, 1.165) is 24.0 Å². The summed E-state index contributed by atoms with van der Waals surface area (Å²) in [6.45, 7) is 1.05. The Kier molecular flexibility index (Phi) is 2.78. The molecule has 1 saturated carbocycles. The maximum absolute atomic E-state index is 6.07. The Morgan fingerprint density at radius 1 is 1.25 bits per heavy atom. The van der Waals surface area contributed by atoms with Gasteiger partial charge >= 0.3 is 0 Å². The second-order valence-electron chi connectivity index (χ2n) is 4.79. The molecule has 1 heterocycles. The first-order chi connectivity index (χ1) is 7.83. The van der Waals surface area contributed by atoms with Crippen LogP contribution in [0.5, 0.6) is 0 Å². The van der Waals surface area contributed by atoms with Crippen LogP contribution in [0.25, 0.3) is 0 Å². The summed E-state index contributed by atoms with van der Waals surface area (Å²) in [6, 6.07) is 7.36. The van der Waals surface area contributed by atoms with Crippen LogP contribution in [-0.2, 0) is 0 Å². The minimum Gasteiger partial charge on any atom is -0.385 e. The third-order valence-electron chi connectivity index (χ3n) is 3.68. The molecule has 1 aromatic carbocycles. The molecular formula is C13H17ClN2. The fourth-order valence-electron chi connectivity index (χ4n) is 2.52. The van der Waals surface area contributed by atoms with Crippen LogP contribution in [0.4, 0.5) is 5.69 Å². The molecule has 0 amide bonds. The monoisotopic (exact) mass is 236 g/mol. The van der Waals surface area contributed by atoms with E-state index in [-0.39, 0.29) is 0 Å². The summed E-state index contributed by atoms with van der Waals surface area (Å²) in [7, 11) is 0. The quantitative estimate of drug-likeness (QED) is 0.823. The lowest BCUT2D eigenvalue weighted by atomic mass is 9.89. The van der Waals surface area contributed by atoms with Gasteiger partial charge < -0.3 is 10.6 Å². The summed E-state index contributed by atoms with van der Waals surface area (Å²) < 4.78 is 0. The fraction of sp³-hybridized carbons (Fsp3) is 0.538. The molecule has 1 unspecified atom stereocenters. The smallest absolute Gasteiger partial charge is 0.0410 e. The van der Waals surface area contributed by atoms with Gasteiger partial charge in [-0.3, -0.25) is 0 Å². The van der Waals surface area contributed by atoms with Crippen LogP contribution in [0.3, 0.4) is 0 Å². The maximum Gasteiger partial charge on any atom is 0.0410 e. The van der Waals surface area contributed by atoms with E-state index in [0.29, 0.717) is 6.04 Å². The first-order valence-corrected chi connectivity index (χ1v) is 6.50. The number of rotatable bonds is 2. The van der Waals surface area contributed by atoms with E-state index >= 15 is 0 Å². The number of hydrogen-bond acceptors (Lipinski definition) is 2. The van der Waals surface area contributed by atoms with Gasteiger partial charge in [0.1, 0.15) is 0 Å². The highest BCUT2D eigenvalue weighted by Crippen LogP contribution is 2.33. The second-order valence-corrected chi connectivity index (χ2v) is 5.23. The van der Waals surface area contributed by atoms with Gasteiger partial charge in [-0.15, -0.1) is 0 Å². The molecule has 2 aliphatic rings. The molecule has 1 atom stereocenters. The molecule has 1 aliphatic heterocycles. The Balaban J connectivity index is 1.83. The van der Waals surface area contributed by atoms with Gasteiger partial charge in [-0.2, -0.15) is 0 Å². The van der Waals surface area contributed by atoms with Gasteiger partial charge in [-0.1, -0.05) is 18.0 Å². The Hall–Kier alpha value is -0.730. The van der Waals surface area contributed by atoms with Crippen molar-refractivity contribution in [2.24, 2.45) is 0 Å². The third-order valence-corrected chi connectivity index (χ3v) is 3.91. The van der Waals surface area contributed by atoms with E-state index in [9.17, 15) is 0 Å². The Morgan fingerprint density at radius 2 is 2.12 bits per heavy atom. The zero-order valence-electron chi connectivity index (χ0n) is 9.30.